The summed E-state index contributed by atoms with van der Waals surface area (Å²) in [7, 11) is 3.27. The Bertz CT molecular complexity index is 956. The van der Waals surface area contributed by atoms with E-state index >= 15 is 0 Å². The molecular weight excluding hydrogens is 512 g/mol. The molecule has 2 N–H and O–H groups in total. The highest BCUT2D eigenvalue weighted by Crippen LogP contribution is 2.68. The third-order valence-electron chi connectivity index (χ3n) is 7.36. The lowest BCUT2D eigenvalue weighted by Crippen LogP contribution is -2.47. The van der Waals surface area contributed by atoms with E-state index in [0.717, 1.165) is 29.1 Å². The first kappa shape index (κ1) is 28.4. The number of hydrogen-bond donors (Lipinski definition) is 2. The molecule has 2 aliphatic heterocycles. The largest absolute Gasteiger partial charge is 0.382 e. The van der Waals surface area contributed by atoms with E-state index in [0.29, 0.717) is 52.7 Å². The average molecular weight is 551 g/mol. The molecule has 10 heteroatoms. The Hall–Kier alpha value is -1.56. The van der Waals surface area contributed by atoms with Gasteiger partial charge in [0.15, 0.2) is 0 Å². The quantitative estimate of drug-likeness (QED) is 0.319. The molecular formula is C27H38N2O6S2. The molecule has 0 saturated heterocycles. The molecule has 0 aromatic carbocycles. The van der Waals surface area contributed by atoms with Crippen LogP contribution in [-0.2, 0) is 28.5 Å². The van der Waals surface area contributed by atoms with Crippen molar-refractivity contribution in [2.24, 2.45) is 0 Å². The van der Waals surface area contributed by atoms with Gasteiger partial charge in [0.25, 0.3) is 11.8 Å². The van der Waals surface area contributed by atoms with Gasteiger partial charge >= 0.3 is 0 Å². The second-order valence-corrected chi connectivity index (χ2v) is 12.6. The van der Waals surface area contributed by atoms with Gasteiger partial charge in [0.1, 0.15) is 0 Å². The number of thioether (sulfide) groups is 2. The molecule has 1 saturated carbocycles. The highest BCUT2D eigenvalue weighted by Gasteiger charge is 2.60. The Morgan fingerprint density at radius 1 is 0.757 bits per heavy atom. The highest BCUT2D eigenvalue weighted by molar-refractivity contribution is 8.10. The summed E-state index contributed by atoms with van der Waals surface area (Å²) < 4.78 is 20.2. The summed E-state index contributed by atoms with van der Waals surface area (Å²) in [5.74, 6) is -0.146. The van der Waals surface area contributed by atoms with Crippen LogP contribution in [0.25, 0.3) is 0 Å². The van der Waals surface area contributed by atoms with Gasteiger partial charge in [0.05, 0.1) is 58.9 Å². The van der Waals surface area contributed by atoms with Gasteiger partial charge < -0.3 is 29.6 Å². The van der Waals surface area contributed by atoms with Crippen LogP contribution in [-0.4, -0.2) is 88.3 Å². The molecule has 2 unspecified atom stereocenters. The summed E-state index contributed by atoms with van der Waals surface area (Å²) in [6, 6.07) is 0. The number of allylic oxidation sites excluding steroid dienone is 4. The zero-order valence-corrected chi connectivity index (χ0v) is 23.8. The van der Waals surface area contributed by atoms with Crippen LogP contribution in [0.4, 0.5) is 0 Å². The second kappa shape index (κ2) is 12.5. The molecule has 2 heterocycles. The minimum atomic E-state index is -0.348. The van der Waals surface area contributed by atoms with E-state index in [1.807, 2.05) is 0 Å². The summed E-state index contributed by atoms with van der Waals surface area (Å²) in [5, 5.41) is 5.99. The lowest BCUT2D eigenvalue weighted by atomic mass is 9.72. The fourth-order valence-electron chi connectivity index (χ4n) is 5.30. The average Bonchev–Trinajstić information content (AvgIpc) is 3.59. The molecule has 204 valence electrons. The number of rotatable bonds is 14. The van der Waals surface area contributed by atoms with Crippen molar-refractivity contribution in [3.63, 3.8) is 0 Å². The van der Waals surface area contributed by atoms with Gasteiger partial charge in [-0.1, -0.05) is 0 Å². The molecule has 0 aromatic heterocycles. The maximum atomic E-state index is 13.1. The van der Waals surface area contributed by atoms with Gasteiger partial charge in [-0.25, -0.2) is 0 Å². The van der Waals surface area contributed by atoms with Crippen molar-refractivity contribution in [2.45, 2.75) is 42.6 Å². The minimum Gasteiger partial charge on any atom is -0.382 e. The molecule has 0 radical (unpaired) electrons. The third kappa shape index (κ3) is 5.74. The van der Waals surface area contributed by atoms with E-state index in [1.165, 1.54) is 22.3 Å². The molecule has 2 amide bonds. The molecule has 0 bridgehead atoms. The normalized spacial score (nSPS) is 26.1. The zero-order chi connectivity index (χ0) is 26.5. The highest BCUT2D eigenvalue weighted by atomic mass is 32.2. The van der Waals surface area contributed by atoms with E-state index in [1.54, 1.807) is 37.7 Å². The Kier molecular flexibility index (Phi) is 9.63. The van der Waals surface area contributed by atoms with E-state index < -0.39 is 0 Å². The predicted octanol–water partition coefficient (Wildman–Crippen LogP) is 3.11. The van der Waals surface area contributed by atoms with E-state index in [2.05, 4.69) is 36.6 Å². The van der Waals surface area contributed by atoms with Gasteiger partial charge in [0.2, 0.25) is 0 Å². The Balaban J connectivity index is 1.45. The summed E-state index contributed by atoms with van der Waals surface area (Å²) in [5.41, 5.74) is 5.20. The van der Waals surface area contributed by atoms with Crippen LogP contribution in [0.5, 0.6) is 0 Å². The van der Waals surface area contributed by atoms with Crippen LogP contribution in [0.1, 0.15) is 33.1 Å². The lowest BCUT2D eigenvalue weighted by molar-refractivity contribution is -0.117. The maximum absolute atomic E-state index is 13.1. The summed E-state index contributed by atoms with van der Waals surface area (Å²) >= 11 is 3.24. The molecule has 2 aliphatic carbocycles. The van der Waals surface area contributed by atoms with Crippen molar-refractivity contribution < 1.29 is 28.5 Å². The smallest absolute Gasteiger partial charge is 0.257 e. The Labute approximate surface area is 228 Å². The van der Waals surface area contributed by atoms with E-state index in [-0.39, 0.29) is 21.3 Å². The predicted molar refractivity (Wildman–Crippen MR) is 147 cm³/mol. The standard InChI is InChI=1S/C27H38N2O6S2/c1-26-20(16-22(36-26)24(30)28-8-10-34-14-12-32-3)18-6-5-7-19(18)21-17-23(37-27(21,26)2)25(31)29-9-11-35-15-13-33-4/h16-17H,5-15H2,1-4H3,(H,28,30)(H,29,31). The monoisotopic (exact) mass is 550 g/mol. The summed E-state index contributed by atoms with van der Waals surface area (Å²) in [6.45, 7) is 8.33. The molecule has 1 fully saturated rings. The number of methoxy groups -OCH3 is 2. The minimum absolute atomic E-state index is 0.0730. The molecule has 0 spiro atoms. The third-order valence-corrected chi connectivity index (χ3v) is 10.6. The van der Waals surface area contributed by atoms with Crippen molar-refractivity contribution in [3.05, 3.63) is 44.3 Å². The van der Waals surface area contributed by atoms with Crippen LogP contribution in [0, 0.1) is 0 Å². The van der Waals surface area contributed by atoms with E-state index in [9.17, 15) is 9.59 Å². The number of nitrogens with one attached hydrogen (secondary N) is 2. The number of hydrogen-bond acceptors (Lipinski definition) is 8. The molecule has 2 atom stereocenters. The van der Waals surface area contributed by atoms with Crippen LogP contribution in [0.3, 0.4) is 0 Å². The number of amides is 2. The lowest BCUT2D eigenvalue weighted by Gasteiger charge is -2.47. The molecule has 8 nitrogen and oxygen atoms in total. The van der Waals surface area contributed by atoms with Crippen LogP contribution in [0.15, 0.2) is 44.3 Å². The Morgan fingerprint density at radius 2 is 1.19 bits per heavy atom. The van der Waals surface area contributed by atoms with E-state index in [4.69, 9.17) is 18.9 Å². The zero-order valence-electron chi connectivity index (χ0n) is 22.2. The molecule has 4 aliphatic rings. The number of ether oxygens (including phenoxy) is 4. The molecule has 4 rings (SSSR count). The first-order valence-corrected chi connectivity index (χ1v) is 14.5. The molecule has 37 heavy (non-hydrogen) atoms. The summed E-state index contributed by atoms with van der Waals surface area (Å²) in [6.07, 6.45) is 7.30. The second-order valence-electron chi connectivity index (χ2n) is 9.65. The van der Waals surface area contributed by atoms with Crippen molar-refractivity contribution in [2.75, 3.05) is 67.0 Å². The fourth-order valence-corrected chi connectivity index (χ4v) is 8.31. The maximum Gasteiger partial charge on any atom is 0.257 e. The number of fused-ring (bicyclic) bond motifs is 4. The van der Waals surface area contributed by atoms with Crippen LogP contribution >= 0.6 is 23.5 Å². The topological polar surface area (TPSA) is 95.1 Å². The van der Waals surface area contributed by atoms with Gasteiger partial charge in [-0.3, -0.25) is 9.59 Å². The van der Waals surface area contributed by atoms with Crippen molar-refractivity contribution in [3.8, 4) is 0 Å². The first-order chi connectivity index (χ1) is 17.9. The van der Waals surface area contributed by atoms with Gasteiger partial charge in [-0.15, -0.1) is 23.5 Å². The van der Waals surface area contributed by atoms with Crippen molar-refractivity contribution in [1.82, 2.24) is 10.6 Å². The first-order valence-electron chi connectivity index (χ1n) is 12.8. The van der Waals surface area contributed by atoms with Crippen molar-refractivity contribution in [1.29, 1.82) is 0 Å². The van der Waals surface area contributed by atoms with Crippen LogP contribution in [0.2, 0.25) is 0 Å². The van der Waals surface area contributed by atoms with Crippen molar-refractivity contribution >= 4 is 35.3 Å². The van der Waals surface area contributed by atoms with Crippen LogP contribution < -0.4 is 10.6 Å². The number of carbonyl (C=O) groups is 2. The molecule has 0 aromatic rings. The van der Waals surface area contributed by atoms with Gasteiger partial charge in [-0.2, -0.15) is 0 Å². The Morgan fingerprint density at radius 3 is 1.59 bits per heavy atom. The SMILES string of the molecule is COCCOCCNC(=O)C1=CC2=C3CCCC3=C3C=C(C(=O)NCCOCCOC)SC3(C)C2(C)S1. The number of carbonyl (C=O) groups excluding carboxylic acids is 2. The van der Waals surface area contributed by atoms with Gasteiger partial charge in [0, 0.05) is 27.3 Å². The summed E-state index contributed by atoms with van der Waals surface area (Å²) in [4.78, 5) is 27.6. The van der Waals surface area contributed by atoms with Gasteiger partial charge in [-0.05, 0) is 67.6 Å². The fraction of sp³-hybridized carbons (Fsp3) is 0.630.